The number of hydrogen-bond donors (Lipinski definition) is 0. The maximum Gasteiger partial charge on any atom is 0.0435 e. The summed E-state index contributed by atoms with van der Waals surface area (Å²) >= 11 is 5.90. The van der Waals surface area contributed by atoms with Crippen molar-refractivity contribution in [1.29, 1.82) is 0 Å². The third kappa shape index (κ3) is 2.38. The second kappa shape index (κ2) is 4.32. The van der Waals surface area contributed by atoms with Crippen molar-refractivity contribution in [2.24, 2.45) is 0 Å². The molecule has 0 N–H and O–H groups in total. The Hall–Kier alpha value is -0.750. The minimum atomic E-state index is 0.847. The molecule has 0 aliphatic rings. The highest BCUT2D eigenvalue weighted by molar-refractivity contribution is 6.31. The predicted octanol–water partition coefficient (Wildman–Crippen LogP) is 3.77. The van der Waals surface area contributed by atoms with Crippen molar-refractivity contribution in [3.05, 3.63) is 46.5 Å². The molecule has 1 heteroatoms. The lowest BCUT2D eigenvalue weighted by Gasteiger charge is -2.00. The van der Waals surface area contributed by atoms with E-state index in [0.29, 0.717) is 0 Å². The first-order valence-corrected chi connectivity index (χ1v) is 4.48. The number of allylic oxidation sites excluding steroid dienone is 2. The fraction of sp³-hybridized carbons (Fsp3) is 0.273. The molecule has 0 unspecified atom stereocenters. The summed E-state index contributed by atoms with van der Waals surface area (Å²) in [5, 5.41) is 0.847. The van der Waals surface area contributed by atoms with Gasteiger partial charge in [0.1, 0.15) is 0 Å². The fourth-order valence-corrected chi connectivity index (χ4v) is 1.21. The van der Waals surface area contributed by atoms with Gasteiger partial charge in [0.2, 0.25) is 0 Å². The van der Waals surface area contributed by atoms with E-state index in [-0.39, 0.29) is 0 Å². The van der Waals surface area contributed by atoms with Crippen LogP contribution in [0, 0.1) is 6.92 Å². The van der Waals surface area contributed by atoms with Crippen molar-refractivity contribution >= 4 is 11.6 Å². The van der Waals surface area contributed by atoms with Gasteiger partial charge in [0.05, 0.1) is 0 Å². The third-order valence-corrected chi connectivity index (χ3v) is 2.24. The van der Waals surface area contributed by atoms with Crippen molar-refractivity contribution in [3.8, 4) is 0 Å². The first-order chi connectivity index (χ1) is 5.74. The molecular weight excluding hydrogens is 168 g/mol. The van der Waals surface area contributed by atoms with Crippen LogP contribution >= 0.6 is 11.6 Å². The van der Waals surface area contributed by atoms with E-state index in [1.54, 1.807) is 0 Å². The summed E-state index contributed by atoms with van der Waals surface area (Å²) in [5.74, 6) is 0. The molecule has 1 aromatic rings. The molecule has 0 saturated carbocycles. The van der Waals surface area contributed by atoms with E-state index in [4.69, 9.17) is 11.6 Å². The SMILES string of the molecule is C/C=C/Cc1ccc(Cl)c(C)c1. The molecule has 1 rings (SSSR count). The van der Waals surface area contributed by atoms with Crippen LogP contribution in [-0.4, -0.2) is 0 Å². The summed E-state index contributed by atoms with van der Waals surface area (Å²) in [5.41, 5.74) is 2.47. The molecule has 0 saturated heterocycles. The van der Waals surface area contributed by atoms with Gasteiger partial charge >= 0.3 is 0 Å². The molecule has 0 aliphatic carbocycles. The summed E-state index contributed by atoms with van der Waals surface area (Å²) in [7, 11) is 0. The minimum Gasteiger partial charge on any atom is -0.0913 e. The van der Waals surface area contributed by atoms with Gasteiger partial charge in [0.25, 0.3) is 0 Å². The maximum atomic E-state index is 5.90. The highest BCUT2D eigenvalue weighted by Gasteiger charge is 1.94. The number of benzene rings is 1. The molecule has 0 amide bonds. The monoisotopic (exact) mass is 180 g/mol. The average Bonchev–Trinajstić information content (AvgIpc) is 2.07. The van der Waals surface area contributed by atoms with Crippen LogP contribution in [0.3, 0.4) is 0 Å². The van der Waals surface area contributed by atoms with E-state index in [9.17, 15) is 0 Å². The first-order valence-electron chi connectivity index (χ1n) is 4.10. The molecule has 0 aromatic heterocycles. The van der Waals surface area contributed by atoms with Gasteiger partial charge in [-0.2, -0.15) is 0 Å². The van der Waals surface area contributed by atoms with Gasteiger partial charge in [0.15, 0.2) is 0 Å². The molecule has 0 atom stereocenters. The molecule has 12 heavy (non-hydrogen) atoms. The summed E-state index contributed by atoms with van der Waals surface area (Å²) in [4.78, 5) is 0. The molecule has 0 nitrogen and oxygen atoms in total. The predicted molar refractivity (Wildman–Crippen MR) is 54.7 cm³/mol. The Morgan fingerprint density at radius 2 is 2.17 bits per heavy atom. The molecular formula is C11H13Cl. The number of hydrogen-bond acceptors (Lipinski definition) is 0. The van der Waals surface area contributed by atoms with E-state index < -0.39 is 0 Å². The van der Waals surface area contributed by atoms with Crippen molar-refractivity contribution in [2.75, 3.05) is 0 Å². The second-order valence-corrected chi connectivity index (χ2v) is 3.26. The Labute approximate surface area is 78.9 Å². The number of rotatable bonds is 2. The van der Waals surface area contributed by atoms with Crippen LogP contribution in [-0.2, 0) is 6.42 Å². The zero-order chi connectivity index (χ0) is 8.97. The standard InChI is InChI=1S/C11H13Cl/c1-3-4-5-10-6-7-11(12)9(2)8-10/h3-4,6-8H,5H2,1-2H3/b4-3+. The topological polar surface area (TPSA) is 0 Å². The van der Waals surface area contributed by atoms with E-state index in [2.05, 4.69) is 24.3 Å². The lowest BCUT2D eigenvalue weighted by atomic mass is 10.1. The van der Waals surface area contributed by atoms with Gasteiger partial charge in [-0.05, 0) is 37.5 Å². The summed E-state index contributed by atoms with van der Waals surface area (Å²) in [6.07, 6.45) is 5.20. The lowest BCUT2D eigenvalue weighted by molar-refractivity contribution is 1.24. The van der Waals surface area contributed by atoms with Gasteiger partial charge in [-0.1, -0.05) is 35.9 Å². The average molecular weight is 181 g/mol. The molecule has 0 spiro atoms. The second-order valence-electron chi connectivity index (χ2n) is 2.86. The van der Waals surface area contributed by atoms with Gasteiger partial charge in [-0.25, -0.2) is 0 Å². The molecule has 0 radical (unpaired) electrons. The number of halogens is 1. The van der Waals surface area contributed by atoms with Crippen molar-refractivity contribution in [2.45, 2.75) is 20.3 Å². The molecule has 1 aromatic carbocycles. The van der Waals surface area contributed by atoms with E-state index in [1.165, 1.54) is 5.56 Å². The van der Waals surface area contributed by atoms with Crippen LogP contribution in [0.1, 0.15) is 18.1 Å². The summed E-state index contributed by atoms with van der Waals surface area (Å²) < 4.78 is 0. The van der Waals surface area contributed by atoms with E-state index in [1.807, 2.05) is 19.9 Å². The van der Waals surface area contributed by atoms with Crippen molar-refractivity contribution < 1.29 is 0 Å². The summed E-state index contributed by atoms with van der Waals surface area (Å²) in [6, 6.07) is 6.15. The smallest absolute Gasteiger partial charge is 0.0435 e. The van der Waals surface area contributed by atoms with Crippen LogP contribution in [0.2, 0.25) is 5.02 Å². The summed E-state index contributed by atoms with van der Waals surface area (Å²) in [6.45, 7) is 4.06. The Morgan fingerprint density at radius 3 is 2.75 bits per heavy atom. The van der Waals surface area contributed by atoms with E-state index >= 15 is 0 Å². The Kier molecular flexibility index (Phi) is 3.36. The lowest BCUT2D eigenvalue weighted by Crippen LogP contribution is -1.82. The Balaban J connectivity index is 2.82. The number of aryl methyl sites for hydroxylation is 1. The Bertz CT molecular complexity index is 287. The van der Waals surface area contributed by atoms with Crippen molar-refractivity contribution in [1.82, 2.24) is 0 Å². The fourth-order valence-electron chi connectivity index (χ4n) is 1.09. The normalized spacial score (nSPS) is 10.9. The Morgan fingerprint density at radius 1 is 1.42 bits per heavy atom. The van der Waals surface area contributed by atoms with E-state index in [0.717, 1.165) is 17.0 Å². The van der Waals surface area contributed by atoms with Gasteiger partial charge in [0, 0.05) is 5.02 Å². The quantitative estimate of drug-likeness (QED) is 0.608. The molecule has 64 valence electrons. The molecule has 0 heterocycles. The van der Waals surface area contributed by atoms with Crippen LogP contribution < -0.4 is 0 Å². The van der Waals surface area contributed by atoms with Crippen LogP contribution in [0.5, 0.6) is 0 Å². The zero-order valence-electron chi connectivity index (χ0n) is 7.47. The maximum absolute atomic E-state index is 5.90. The minimum absolute atomic E-state index is 0.847. The largest absolute Gasteiger partial charge is 0.0913 e. The molecule has 0 fully saturated rings. The van der Waals surface area contributed by atoms with Crippen molar-refractivity contribution in [3.63, 3.8) is 0 Å². The highest BCUT2D eigenvalue weighted by atomic mass is 35.5. The molecule has 0 bridgehead atoms. The first kappa shape index (κ1) is 9.34. The third-order valence-electron chi connectivity index (χ3n) is 1.81. The van der Waals surface area contributed by atoms with Crippen LogP contribution in [0.25, 0.3) is 0 Å². The molecule has 0 aliphatic heterocycles. The highest BCUT2D eigenvalue weighted by Crippen LogP contribution is 2.16. The van der Waals surface area contributed by atoms with Crippen LogP contribution in [0.4, 0.5) is 0 Å². The van der Waals surface area contributed by atoms with Gasteiger partial charge in [-0.3, -0.25) is 0 Å². The zero-order valence-corrected chi connectivity index (χ0v) is 8.23. The van der Waals surface area contributed by atoms with Crippen LogP contribution in [0.15, 0.2) is 30.4 Å². The van der Waals surface area contributed by atoms with Gasteiger partial charge in [-0.15, -0.1) is 0 Å². The van der Waals surface area contributed by atoms with Gasteiger partial charge < -0.3 is 0 Å².